The topological polar surface area (TPSA) is 35.2 Å². The van der Waals surface area contributed by atoms with Crippen LogP contribution < -0.4 is 5.73 Å². The third kappa shape index (κ3) is 5.29. The molecule has 0 aliphatic carbocycles. The summed E-state index contributed by atoms with van der Waals surface area (Å²) < 4.78 is 5.78. The van der Waals surface area contributed by atoms with Crippen LogP contribution in [0.1, 0.15) is 38.3 Å². The van der Waals surface area contributed by atoms with Crippen LogP contribution in [0.2, 0.25) is 0 Å². The highest BCUT2D eigenvalue weighted by atomic mass is 32.1. The first-order valence-corrected chi connectivity index (χ1v) is 6.40. The molecule has 0 saturated carbocycles. The largest absolute Gasteiger partial charge is 0.389 e. The van der Waals surface area contributed by atoms with Gasteiger partial charge in [-0.15, -0.1) is 0 Å². The molecule has 0 amide bonds. The van der Waals surface area contributed by atoms with E-state index in [0.717, 1.165) is 17.5 Å². The van der Waals surface area contributed by atoms with Crippen LogP contribution in [0.4, 0.5) is 0 Å². The Kier molecular flexibility index (Phi) is 5.59. The molecule has 2 nitrogen and oxygen atoms in total. The van der Waals surface area contributed by atoms with E-state index in [9.17, 15) is 0 Å². The van der Waals surface area contributed by atoms with Gasteiger partial charge >= 0.3 is 0 Å². The molecule has 1 aromatic rings. The third-order valence-corrected chi connectivity index (χ3v) is 2.81. The lowest BCUT2D eigenvalue weighted by Gasteiger charge is -2.15. The molecule has 0 radical (unpaired) electrons. The number of thiocarbonyl (C=S) groups is 1. The first-order valence-electron chi connectivity index (χ1n) is 5.99. The molecule has 0 saturated heterocycles. The number of hydrogen-bond acceptors (Lipinski definition) is 2. The molecule has 1 atom stereocenters. The second kappa shape index (κ2) is 6.72. The number of benzene rings is 1. The summed E-state index contributed by atoms with van der Waals surface area (Å²) in [6, 6.07) is 7.90. The Bertz CT molecular complexity index is 359. The van der Waals surface area contributed by atoms with E-state index >= 15 is 0 Å². The zero-order valence-corrected chi connectivity index (χ0v) is 11.6. The van der Waals surface area contributed by atoms with Crippen molar-refractivity contribution in [3.05, 3.63) is 35.4 Å². The van der Waals surface area contributed by atoms with E-state index in [1.54, 1.807) is 0 Å². The summed E-state index contributed by atoms with van der Waals surface area (Å²) >= 11 is 4.91. The fourth-order valence-electron chi connectivity index (χ4n) is 1.74. The van der Waals surface area contributed by atoms with Crippen molar-refractivity contribution in [1.82, 2.24) is 0 Å². The number of hydrogen-bond donors (Lipinski definition) is 1. The number of ether oxygens (including phenoxy) is 1. The summed E-state index contributed by atoms with van der Waals surface area (Å²) in [6.45, 7) is 7.17. The van der Waals surface area contributed by atoms with E-state index in [-0.39, 0.29) is 0 Å². The van der Waals surface area contributed by atoms with Crippen molar-refractivity contribution in [1.29, 1.82) is 0 Å². The molecule has 0 aliphatic heterocycles. The van der Waals surface area contributed by atoms with Crippen molar-refractivity contribution in [3.63, 3.8) is 0 Å². The minimum atomic E-state index is 0.297. The summed E-state index contributed by atoms with van der Waals surface area (Å²) in [7, 11) is 0. The van der Waals surface area contributed by atoms with Gasteiger partial charge in [-0.1, -0.05) is 50.3 Å². The Hall–Kier alpha value is -0.930. The molecule has 0 bridgehead atoms. The van der Waals surface area contributed by atoms with Gasteiger partial charge in [-0.2, -0.15) is 0 Å². The van der Waals surface area contributed by atoms with Gasteiger partial charge in [-0.05, 0) is 24.8 Å². The van der Waals surface area contributed by atoms with Crippen LogP contribution in [0, 0.1) is 5.92 Å². The molecule has 3 heteroatoms. The average molecular weight is 251 g/mol. The molecule has 1 aromatic carbocycles. The molecule has 0 fully saturated rings. The van der Waals surface area contributed by atoms with E-state index in [1.807, 2.05) is 24.3 Å². The van der Waals surface area contributed by atoms with E-state index in [2.05, 4.69) is 20.8 Å². The predicted molar refractivity (Wildman–Crippen MR) is 76.0 cm³/mol. The standard InChI is InChI=1S/C14H21NOS/c1-10(2)8-11(3)16-9-12-4-6-13(7-5-12)14(15)17/h4-7,10-11H,8-9H2,1-3H3,(H2,15,17). The van der Waals surface area contributed by atoms with Gasteiger partial charge in [0, 0.05) is 5.56 Å². The van der Waals surface area contributed by atoms with Crippen LogP contribution in [-0.2, 0) is 11.3 Å². The molecule has 1 unspecified atom stereocenters. The van der Waals surface area contributed by atoms with Gasteiger partial charge in [-0.25, -0.2) is 0 Å². The van der Waals surface area contributed by atoms with Crippen LogP contribution in [0.25, 0.3) is 0 Å². The summed E-state index contributed by atoms with van der Waals surface area (Å²) in [5.41, 5.74) is 7.60. The number of nitrogens with two attached hydrogens (primary N) is 1. The highest BCUT2D eigenvalue weighted by Gasteiger charge is 2.05. The lowest BCUT2D eigenvalue weighted by molar-refractivity contribution is 0.0397. The monoisotopic (exact) mass is 251 g/mol. The zero-order chi connectivity index (χ0) is 12.8. The molecule has 0 spiro atoms. The molecule has 17 heavy (non-hydrogen) atoms. The van der Waals surface area contributed by atoms with Gasteiger partial charge in [0.25, 0.3) is 0 Å². The summed E-state index contributed by atoms with van der Waals surface area (Å²) in [4.78, 5) is 0.436. The second-order valence-corrected chi connectivity index (χ2v) is 5.25. The third-order valence-electron chi connectivity index (χ3n) is 2.58. The van der Waals surface area contributed by atoms with Gasteiger partial charge < -0.3 is 10.5 Å². The maximum absolute atomic E-state index is 5.78. The fraction of sp³-hybridized carbons (Fsp3) is 0.500. The van der Waals surface area contributed by atoms with Crippen molar-refractivity contribution >= 4 is 17.2 Å². The Morgan fingerprint density at radius 2 is 1.82 bits per heavy atom. The second-order valence-electron chi connectivity index (χ2n) is 4.81. The van der Waals surface area contributed by atoms with Crippen LogP contribution in [0.15, 0.2) is 24.3 Å². The van der Waals surface area contributed by atoms with Crippen LogP contribution in [0.5, 0.6) is 0 Å². The molecule has 1 rings (SSSR count). The summed E-state index contributed by atoms with van der Waals surface area (Å²) in [5.74, 6) is 0.669. The quantitative estimate of drug-likeness (QED) is 0.788. The lowest BCUT2D eigenvalue weighted by Crippen LogP contribution is -2.11. The van der Waals surface area contributed by atoms with Crippen molar-refractivity contribution in [3.8, 4) is 0 Å². The average Bonchev–Trinajstić information content (AvgIpc) is 2.26. The van der Waals surface area contributed by atoms with E-state index in [1.165, 1.54) is 0 Å². The van der Waals surface area contributed by atoms with Gasteiger partial charge in [0.15, 0.2) is 0 Å². The van der Waals surface area contributed by atoms with Crippen molar-refractivity contribution in [2.45, 2.75) is 39.9 Å². The minimum absolute atomic E-state index is 0.297. The highest BCUT2D eigenvalue weighted by molar-refractivity contribution is 7.80. The van der Waals surface area contributed by atoms with Gasteiger partial charge in [0.05, 0.1) is 12.7 Å². The molecule has 0 aliphatic rings. The highest BCUT2D eigenvalue weighted by Crippen LogP contribution is 2.11. The molecular weight excluding hydrogens is 230 g/mol. The zero-order valence-electron chi connectivity index (χ0n) is 10.8. The Labute approximate surface area is 109 Å². The SMILES string of the molecule is CC(C)CC(C)OCc1ccc(C(N)=S)cc1. The van der Waals surface area contributed by atoms with Crippen molar-refractivity contribution < 1.29 is 4.74 Å². The number of rotatable bonds is 6. The van der Waals surface area contributed by atoms with Gasteiger partial charge in [0.2, 0.25) is 0 Å². The first kappa shape index (κ1) is 14.1. The van der Waals surface area contributed by atoms with Crippen LogP contribution in [0.3, 0.4) is 0 Å². The van der Waals surface area contributed by atoms with E-state index in [4.69, 9.17) is 22.7 Å². The van der Waals surface area contributed by atoms with Gasteiger partial charge in [0.1, 0.15) is 4.99 Å². The molecule has 0 aromatic heterocycles. The Balaban J connectivity index is 2.44. The molecule has 94 valence electrons. The fourth-order valence-corrected chi connectivity index (χ4v) is 1.87. The smallest absolute Gasteiger partial charge is 0.103 e. The minimum Gasteiger partial charge on any atom is -0.389 e. The molecular formula is C14H21NOS. The van der Waals surface area contributed by atoms with Crippen LogP contribution >= 0.6 is 12.2 Å². The van der Waals surface area contributed by atoms with E-state index in [0.29, 0.717) is 23.6 Å². The Morgan fingerprint density at radius 1 is 1.24 bits per heavy atom. The van der Waals surface area contributed by atoms with Crippen molar-refractivity contribution in [2.75, 3.05) is 0 Å². The van der Waals surface area contributed by atoms with Crippen molar-refractivity contribution in [2.24, 2.45) is 11.7 Å². The first-order chi connectivity index (χ1) is 7.99. The molecule has 2 N–H and O–H groups in total. The summed E-state index contributed by atoms with van der Waals surface area (Å²) in [6.07, 6.45) is 1.38. The van der Waals surface area contributed by atoms with Crippen LogP contribution in [-0.4, -0.2) is 11.1 Å². The predicted octanol–water partition coefficient (Wildman–Crippen LogP) is 3.27. The summed E-state index contributed by atoms with van der Waals surface area (Å²) in [5, 5.41) is 0. The maximum Gasteiger partial charge on any atom is 0.103 e. The Morgan fingerprint density at radius 3 is 2.29 bits per heavy atom. The molecule has 0 heterocycles. The normalized spacial score (nSPS) is 12.7. The lowest BCUT2D eigenvalue weighted by atomic mass is 10.1. The maximum atomic E-state index is 5.78. The van der Waals surface area contributed by atoms with Gasteiger partial charge in [-0.3, -0.25) is 0 Å². The van der Waals surface area contributed by atoms with E-state index < -0.39 is 0 Å².